The minimum Gasteiger partial charge on any atom is -0.494 e. The highest BCUT2D eigenvalue weighted by atomic mass is 79.9. The summed E-state index contributed by atoms with van der Waals surface area (Å²) in [5.74, 6) is 0.182. The van der Waals surface area contributed by atoms with Crippen LogP contribution < -0.4 is 9.46 Å². The van der Waals surface area contributed by atoms with E-state index in [1.54, 1.807) is 36.5 Å². The van der Waals surface area contributed by atoms with Crippen LogP contribution in [0.2, 0.25) is 5.02 Å². The van der Waals surface area contributed by atoms with Gasteiger partial charge in [0.25, 0.3) is 10.0 Å². The van der Waals surface area contributed by atoms with Crippen molar-refractivity contribution in [2.75, 3.05) is 11.8 Å². The second-order valence-corrected chi connectivity index (χ2v) is 8.02. The summed E-state index contributed by atoms with van der Waals surface area (Å²) in [7, 11) is -2.51. The molecule has 0 radical (unpaired) electrons. The lowest BCUT2D eigenvalue weighted by Gasteiger charge is -2.14. The van der Waals surface area contributed by atoms with Crippen LogP contribution in [-0.2, 0) is 10.0 Å². The first-order chi connectivity index (χ1) is 11.9. The zero-order valence-corrected chi connectivity index (χ0v) is 16.1. The third kappa shape index (κ3) is 3.81. The summed E-state index contributed by atoms with van der Waals surface area (Å²) in [6, 6.07) is 11.7. The number of sulfonamides is 1. The van der Waals surface area contributed by atoms with E-state index in [1.807, 2.05) is 6.07 Å². The zero-order valence-electron chi connectivity index (χ0n) is 13.0. The van der Waals surface area contributed by atoms with Crippen LogP contribution in [0.1, 0.15) is 0 Å². The first kappa shape index (κ1) is 17.8. The van der Waals surface area contributed by atoms with E-state index in [2.05, 4.69) is 30.8 Å². The van der Waals surface area contributed by atoms with Crippen LogP contribution in [0.5, 0.6) is 5.75 Å². The van der Waals surface area contributed by atoms with Gasteiger partial charge in [-0.2, -0.15) is 5.10 Å². The minimum atomic E-state index is -3.90. The van der Waals surface area contributed by atoms with Gasteiger partial charge in [0.1, 0.15) is 4.90 Å². The quantitative estimate of drug-likeness (QED) is 0.617. The molecular formula is C16H13BrClN3O3S. The number of aromatic nitrogens is 2. The number of anilines is 1. The molecule has 2 aromatic carbocycles. The smallest absolute Gasteiger partial charge is 0.265 e. The number of hydrogen-bond donors (Lipinski definition) is 2. The molecule has 0 atom stereocenters. The molecule has 25 heavy (non-hydrogen) atoms. The van der Waals surface area contributed by atoms with Gasteiger partial charge >= 0.3 is 0 Å². The maximum absolute atomic E-state index is 12.8. The second-order valence-electron chi connectivity index (χ2n) is 5.08. The summed E-state index contributed by atoms with van der Waals surface area (Å²) in [5, 5.41) is 7.01. The summed E-state index contributed by atoms with van der Waals surface area (Å²) in [6.45, 7) is 0. The molecule has 0 saturated carbocycles. The number of aromatic amines is 1. The van der Waals surface area contributed by atoms with E-state index in [0.29, 0.717) is 10.2 Å². The van der Waals surface area contributed by atoms with Crippen molar-refractivity contribution in [1.29, 1.82) is 0 Å². The predicted octanol–water partition coefficient (Wildman–Crippen LogP) is 4.30. The Hall–Kier alpha value is -2.03. The van der Waals surface area contributed by atoms with Gasteiger partial charge in [-0.15, -0.1) is 0 Å². The summed E-state index contributed by atoms with van der Waals surface area (Å²) in [5.41, 5.74) is 1.99. The van der Waals surface area contributed by atoms with E-state index in [1.165, 1.54) is 13.2 Å². The van der Waals surface area contributed by atoms with Crippen molar-refractivity contribution in [1.82, 2.24) is 10.2 Å². The SMILES string of the molecule is COc1c(Br)cc(Cl)cc1S(=O)(=O)Nc1cccc(-c2ccn[nH]2)c1. The van der Waals surface area contributed by atoms with Crippen molar-refractivity contribution < 1.29 is 13.2 Å². The van der Waals surface area contributed by atoms with Crippen LogP contribution in [0.15, 0.2) is 58.0 Å². The van der Waals surface area contributed by atoms with E-state index in [4.69, 9.17) is 16.3 Å². The zero-order chi connectivity index (χ0) is 18.0. The standard InChI is InChI=1S/C16H13BrClN3O3S/c1-24-16-13(17)8-11(18)9-15(16)25(22,23)21-12-4-2-3-10(7-12)14-5-6-19-20-14/h2-9,21H,1H3,(H,19,20). The Balaban J connectivity index is 1.99. The number of rotatable bonds is 5. The van der Waals surface area contributed by atoms with Crippen molar-refractivity contribution in [2.24, 2.45) is 0 Å². The molecule has 0 unspecified atom stereocenters. The number of nitrogens with one attached hydrogen (secondary N) is 2. The van der Waals surface area contributed by atoms with Crippen LogP contribution in [0.3, 0.4) is 0 Å². The van der Waals surface area contributed by atoms with Crippen LogP contribution in [0.4, 0.5) is 5.69 Å². The number of methoxy groups -OCH3 is 1. The fourth-order valence-corrected chi connectivity index (χ4v) is 4.75. The summed E-state index contributed by atoms with van der Waals surface area (Å²) >= 11 is 9.25. The highest BCUT2D eigenvalue weighted by molar-refractivity contribution is 9.10. The Morgan fingerprint density at radius 2 is 2.04 bits per heavy atom. The Bertz CT molecular complexity index is 1010. The fraction of sp³-hybridized carbons (Fsp3) is 0.0625. The van der Waals surface area contributed by atoms with Gasteiger partial charge in [-0.1, -0.05) is 23.7 Å². The molecule has 0 saturated heterocycles. The number of halogens is 2. The fourth-order valence-electron chi connectivity index (χ4n) is 2.31. The Labute approximate surface area is 158 Å². The van der Waals surface area contributed by atoms with Gasteiger partial charge in [0.2, 0.25) is 0 Å². The molecule has 1 heterocycles. The molecule has 6 nitrogen and oxygen atoms in total. The van der Waals surface area contributed by atoms with Gasteiger partial charge in [-0.3, -0.25) is 9.82 Å². The van der Waals surface area contributed by atoms with Gasteiger partial charge in [-0.25, -0.2) is 8.42 Å². The van der Waals surface area contributed by atoms with Crippen LogP contribution in [-0.4, -0.2) is 25.7 Å². The summed E-state index contributed by atoms with van der Waals surface area (Å²) in [6.07, 6.45) is 1.63. The van der Waals surface area contributed by atoms with Gasteiger partial charge in [0.15, 0.2) is 5.75 Å². The maximum atomic E-state index is 12.8. The number of ether oxygens (including phenoxy) is 1. The Morgan fingerprint density at radius 3 is 2.72 bits per heavy atom. The van der Waals surface area contributed by atoms with E-state index < -0.39 is 10.0 Å². The van der Waals surface area contributed by atoms with Gasteiger partial charge in [0.05, 0.1) is 17.3 Å². The lowest BCUT2D eigenvalue weighted by atomic mass is 10.1. The molecule has 0 bridgehead atoms. The topological polar surface area (TPSA) is 84.1 Å². The predicted molar refractivity (Wildman–Crippen MR) is 101 cm³/mol. The van der Waals surface area contributed by atoms with Gasteiger partial charge < -0.3 is 4.74 Å². The van der Waals surface area contributed by atoms with Crippen molar-refractivity contribution in [3.05, 3.63) is 58.2 Å². The van der Waals surface area contributed by atoms with E-state index in [0.717, 1.165) is 11.3 Å². The van der Waals surface area contributed by atoms with Crippen molar-refractivity contribution in [2.45, 2.75) is 4.90 Å². The molecule has 0 fully saturated rings. The van der Waals surface area contributed by atoms with Crippen molar-refractivity contribution >= 4 is 43.2 Å². The average Bonchev–Trinajstić information content (AvgIpc) is 3.08. The summed E-state index contributed by atoms with van der Waals surface area (Å²) in [4.78, 5) is -0.0543. The van der Waals surface area contributed by atoms with Crippen LogP contribution in [0.25, 0.3) is 11.3 Å². The lowest BCUT2D eigenvalue weighted by molar-refractivity contribution is 0.400. The molecule has 0 spiro atoms. The Morgan fingerprint density at radius 1 is 1.24 bits per heavy atom. The molecular weight excluding hydrogens is 430 g/mol. The third-order valence-electron chi connectivity index (χ3n) is 3.39. The van der Waals surface area contributed by atoms with Gasteiger partial charge in [0, 0.05) is 22.5 Å². The third-order valence-corrected chi connectivity index (χ3v) is 5.59. The van der Waals surface area contributed by atoms with Crippen molar-refractivity contribution in [3.63, 3.8) is 0 Å². The highest BCUT2D eigenvalue weighted by Crippen LogP contribution is 2.36. The van der Waals surface area contributed by atoms with Crippen LogP contribution in [0, 0.1) is 0 Å². The molecule has 2 N–H and O–H groups in total. The molecule has 0 aliphatic carbocycles. The molecule has 3 rings (SSSR count). The lowest BCUT2D eigenvalue weighted by Crippen LogP contribution is -2.14. The van der Waals surface area contributed by atoms with Crippen molar-refractivity contribution in [3.8, 4) is 17.0 Å². The van der Waals surface area contributed by atoms with Gasteiger partial charge in [-0.05, 0) is 46.3 Å². The minimum absolute atomic E-state index is 0.0543. The monoisotopic (exact) mass is 441 g/mol. The second kappa shape index (κ2) is 7.07. The summed E-state index contributed by atoms with van der Waals surface area (Å²) < 4.78 is 33.8. The normalized spacial score (nSPS) is 11.3. The number of benzene rings is 2. The molecule has 0 aliphatic heterocycles. The maximum Gasteiger partial charge on any atom is 0.265 e. The molecule has 0 aliphatic rings. The first-order valence-corrected chi connectivity index (χ1v) is 9.72. The number of hydrogen-bond acceptors (Lipinski definition) is 4. The Kier molecular flexibility index (Phi) is 5.03. The number of nitrogens with zero attached hydrogens (tertiary/aromatic N) is 1. The van der Waals surface area contributed by atoms with Crippen LogP contribution >= 0.6 is 27.5 Å². The molecule has 9 heteroatoms. The largest absolute Gasteiger partial charge is 0.494 e. The molecule has 0 amide bonds. The first-order valence-electron chi connectivity index (χ1n) is 7.06. The van der Waals surface area contributed by atoms with E-state index >= 15 is 0 Å². The average molecular weight is 443 g/mol. The van der Waals surface area contributed by atoms with E-state index in [9.17, 15) is 8.42 Å². The number of H-pyrrole nitrogens is 1. The highest BCUT2D eigenvalue weighted by Gasteiger charge is 2.23. The molecule has 3 aromatic rings. The van der Waals surface area contributed by atoms with E-state index in [-0.39, 0.29) is 15.7 Å². The molecule has 130 valence electrons. The molecule has 1 aromatic heterocycles.